The number of carbonyl (C=O) groups is 1. The number of para-hydroxylation sites is 2. The SMILES string of the molecule is COc1ccc(-c2nnc([C@H](C)OC(=O)CSc3nc4ccccc4o3)o2)cc1. The molecule has 0 amide bonds. The molecule has 0 radical (unpaired) electrons. The maximum Gasteiger partial charge on any atom is 0.317 e. The van der Waals surface area contributed by atoms with Crippen LogP contribution >= 0.6 is 11.8 Å². The Hall–Kier alpha value is -3.33. The molecular weight excluding hydrogens is 394 g/mol. The molecule has 0 aliphatic heterocycles. The highest BCUT2D eigenvalue weighted by Crippen LogP contribution is 2.26. The van der Waals surface area contributed by atoms with Gasteiger partial charge in [0.1, 0.15) is 17.0 Å². The number of nitrogens with zero attached hydrogens (tertiary/aromatic N) is 3. The highest BCUT2D eigenvalue weighted by Gasteiger charge is 2.20. The van der Waals surface area contributed by atoms with E-state index in [1.165, 1.54) is 11.8 Å². The van der Waals surface area contributed by atoms with Crippen molar-refractivity contribution in [2.75, 3.05) is 12.9 Å². The number of hydrogen-bond acceptors (Lipinski definition) is 9. The van der Waals surface area contributed by atoms with Crippen molar-refractivity contribution in [3.05, 3.63) is 54.4 Å². The molecule has 0 aliphatic rings. The third-order valence-electron chi connectivity index (χ3n) is 4.02. The summed E-state index contributed by atoms with van der Waals surface area (Å²) in [4.78, 5) is 16.5. The highest BCUT2D eigenvalue weighted by molar-refractivity contribution is 7.99. The molecule has 29 heavy (non-hydrogen) atoms. The van der Waals surface area contributed by atoms with Crippen LogP contribution in [0.25, 0.3) is 22.6 Å². The smallest absolute Gasteiger partial charge is 0.317 e. The molecule has 2 aromatic heterocycles. The van der Waals surface area contributed by atoms with E-state index in [1.54, 1.807) is 26.2 Å². The van der Waals surface area contributed by atoms with E-state index in [9.17, 15) is 4.79 Å². The van der Waals surface area contributed by atoms with E-state index in [2.05, 4.69) is 15.2 Å². The summed E-state index contributed by atoms with van der Waals surface area (Å²) in [5, 5.41) is 8.39. The Kier molecular flexibility index (Phi) is 5.48. The highest BCUT2D eigenvalue weighted by atomic mass is 32.2. The van der Waals surface area contributed by atoms with Crippen LogP contribution in [-0.2, 0) is 9.53 Å². The van der Waals surface area contributed by atoms with E-state index >= 15 is 0 Å². The standard InChI is InChI=1S/C20H17N3O5S/c1-12(18-22-23-19(28-18)13-7-9-14(25-2)10-8-13)26-17(24)11-29-20-21-15-5-3-4-6-16(15)27-20/h3-10,12H,11H2,1-2H3/t12-/m0/s1. The number of ether oxygens (including phenoxy) is 2. The van der Waals surface area contributed by atoms with Crippen LogP contribution in [0.4, 0.5) is 0 Å². The molecule has 0 fully saturated rings. The van der Waals surface area contributed by atoms with Crippen molar-refractivity contribution in [2.24, 2.45) is 0 Å². The zero-order chi connectivity index (χ0) is 20.2. The first-order valence-corrected chi connectivity index (χ1v) is 9.76. The zero-order valence-electron chi connectivity index (χ0n) is 15.7. The topological polar surface area (TPSA) is 100 Å². The minimum Gasteiger partial charge on any atom is -0.497 e. The second-order valence-corrected chi connectivity index (χ2v) is 6.97. The van der Waals surface area contributed by atoms with E-state index < -0.39 is 12.1 Å². The van der Waals surface area contributed by atoms with Crippen LogP contribution in [0.3, 0.4) is 0 Å². The van der Waals surface area contributed by atoms with Crippen molar-refractivity contribution >= 4 is 28.8 Å². The summed E-state index contributed by atoms with van der Waals surface area (Å²) in [6, 6.07) is 14.6. The van der Waals surface area contributed by atoms with E-state index in [-0.39, 0.29) is 11.6 Å². The molecule has 0 bridgehead atoms. The van der Waals surface area contributed by atoms with Gasteiger partial charge in [-0.25, -0.2) is 4.98 Å². The van der Waals surface area contributed by atoms with Gasteiger partial charge in [-0.05, 0) is 43.3 Å². The summed E-state index contributed by atoms with van der Waals surface area (Å²) in [6.07, 6.45) is -0.675. The van der Waals surface area contributed by atoms with E-state index in [0.717, 1.165) is 16.8 Å². The molecule has 0 saturated carbocycles. The maximum absolute atomic E-state index is 12.1. The summed E-state index contributed by atoms with van der Waals surface area (Å²) < 4.78 is 21.7. The Morgan fingerprint density at radius 2 is 1.90 bits per heavy atom. The Labute approximate surface area is 170 Å². The van der Waals surface area contributed by atoms with Crippen LogP contribution in [0.5, 0.6) is 5.75 Å². The van der Waals surface area contributed by atoms with Crippen LogP contribution in [0.15, 0.2) is 62.6 Å². The van der Waals surface area contributed by atoms with Crippen LogP contribution < -0.4 is 4.74 Å². The van der Waals surface area contributed by atoms with Gasteiger partial charge in [0, 0.05) is 5.56 Å². The fourth-order valence-corrected chi connectivity index (χ4v) is 3.19. The van der Waals surface area contributed by atoms with E-state index in [1.807, 2.05) is 36.4 Å². The normalized spacial score (nSPS) is 12.1. The first kappa shape index (κ1) is 19.0. The molecule has 0 saturated heterocycles. The number of benzene rings is 2. The summed E-state index contributed by atoms with van der Waals surface area (Å²) in [6.45, 7) is 1.67. The molecular formula is C20H17N3O5S. The van der Waals surface area contributed by atoms with Gasteiger partial charge in [0.05, 0.1) is 7.11 Å². The molecule has 2 aromatic carbocycles. The maximum atomic E-state index is 12.1. The molecule has 0 N–H and O–H groups in total. The van der Waals surface area contributed by atoms with Crippen LogP contribution in [0.2, 0.25) is 0 Å². The lowest BCUT2D eigenvalue weighted by Gasteiger charge is -2.08. The van der Waals surface area contributed by atoms with Gasteiger partial charge in [-0.1, -0.05) is 23.9 Å². The zero-order valence-corrected chi connectivity index (χ0v) is 16.5. The van der Waals surface area contributed by atoms with Gasteiger partial charge in [-0.15, -0.1) is 10.2 Å². The molecule has 148 valence electrons. The lowest BCUT2D eigenvalue weighted by Crippen LogP contribution is -2.11. The number of thioether (sulfide) groups is 1. The Morgan fingerprint density at radius 3 is 2.66 bits per heavy atom. The fourth-order valence-electron chi connectivity index (χ4n) is 2.56. The van der Waals surface area contributed by atoms with Crippen LogP contribution in [0.1, 0.15) is 18.9 Å². The molecule has 0 aliphatic carbocycles. The average Bonchev–Trinajstić information content (AvgIpc) is 3.39. The fraction of sp³-hybridized carbons (Fsp3) is 0.200. The number of aromatic nitrogens is 3. The van der Waals surface area contributed by atoms with Crippen molar-refractivity contribution in [1.82, 2.24) is 15.2 Å². The average molecular weight is 411 g/mol. The largest absolute Gasteiger partial charge is 0.497 e. The van der Waals surface area contributed by atoms with Crippen LogP contribution in [0, 0.1) is 0 Å². The number of methoxy groups -OCH3 is 1. The Morgan fingerprint density at radius 1 is 1.10 bits per heavy atom. The Balaban J connectivity index is 1.34. The summed E-state index contributed by atoms with van der Waals surface area (Å²) in [5.41, 5.74) is 2.16. The predicted molar refractivity (Wildman–Crippen MR) is 106 cm³/mol. The number of rotatable bonds is 7. The van der Waals surface area contributed by atoms with Crippen LogP contribution in [-0.4, -0.2) is 34.0 Å². The number of esters is 1. The van der Waals surface area contributed by atoms with Gasteiger partial charge in [-0.2, -0.15) is 0 Å². The lowest BCUT2D eigenvalue weighted by atomic mass is 10.2. The quantitative estimate of drug-likeness (QED) is 0.326. The molecule has 0 unspecified atom stereocenters. The Bertz CT molecular complexity index is 1090. The molecule has 0 spiro atoms. The third kappa shape index (κ3) is 4.40. The van der Waals surface area contributed by atoms with Gasteiger partial charge >= 0.3 is 5.97 Å². The second-order valence-electron chi connectivity index (χ2n) is 6.04. The second kappa shape index (κ2) is 8.36. The van der Waals surface area contributed by atoms with Crippen molar-refractivity contribution in [3.63, 3.8) is 0 Å². The monoisotopic (exact) mass is 411 g/mol. The molecule has 4 rings (SSSR count). The summed E-state index contributed by atoms with van der Waals surface area (Å²) in [7, 11) is 1.60. The van der Waals surface area contributed by atoms with Gasteiger partial charge in [-0.3, -0.25) is 4.79 Å². The molecule has 9 heteroatoms. The predicted octanol–water partition coefficient (Wildman–Crippen LogP) is 4.28. The minimum atomic E-state index is -0.675. The van der Waals surface area contributed by atoms with Crippen molar-refractivity contribution in [2.45, 2.75) is 18.3 Å². The lowest BCUT2D eigenvalue weighted by molar-refractivity contribution is -0.146. The van der Waals surface area contributed by atoms with Gasteiger partial charge < -0.3 is 18.3 Å². The number of oxazole rings is 1. The van der Waals surface area contributed by atoms with Gasteiger partial charge in [0.15, 0.2) is 11.7 Å². The van der Waals surface area contributed by atoms with Crippen molar-refractivity contribution in [3.8, 4) is 17.2 Å². The van der Waals surface area contributed by atoms with Crippen molar-refractivity contribution in [1.29, 1.82) is 0 Å². The van der Waals surface area contributed by atoms with E-state index in [0.29, 0.717) is 16.7 Å². The number of hydrogen-bond donors (Lipinski definition) is 0. The number of fused-ring (bicyclic) bond motifs is 1. The molecule has 8 nitrogen and oxygen atoms in total. The third-order valence-corrected chi connectivity index (χ3v) is 4.82. The molecule has 4 aromatic rings. The van der Waals surface area contributed by atoms with Crippen molar-refractivity contribution < 1.29 is 23.1 Å². The summed E-state index contributed by atoms with van der Waals surface area (Å²) in [5.74, 6) is 0.903. The minimum absolute atomic E-state index is 0.0522. The molecule has 1 atom stereocenters. The molecule has 2 heterocycles. The first-order chi connectivity index (χ1) is 14.1. The van der Waals surface area contributed by atoms with E-state index in [4.69, 9.17) is 18.3 Å². The van der Waals surface area contributed by atoms with Gasteiger partial charge in [0.2, 0.25) is 5.89 Å². The first-order valence-electron chi connectivity index (χ1n) is 8.78. The number of carbonyl (C=O) groups excluding carboxylic acids is 1. The van der Waals surface area contributed by atoms with Gasteiger partial charge in [0.25, 0.3) is 11.1 Å². The summed E-state index contributed by atoms with van der Waals surface area (Å²) >= 11 is 1.17.